The fraction of sp³-hybridized carbons (Fsp3) is 0.200. The van der Waals surface area contributed by atoms with Crippen molar-refractivity contribution in [1.82, 2.24) is 20.3 Å². The van der Waals surface area contributed by atoms with Crippen LogP contribution < -0.4 is 5.32 Å². The molecular formula is C20H16N4O4. The van der Waals surface area contributed by atoms with Gasteiger partial charge in [-0.25, -0.2) is 4.79 Å². The second-order valence-corrected chi connectivity index (χ2v) is 6.90. The van der Waals surface area contributed by atoms with Gasteiger partial charge < -0.3 is 14.7 Å². The van der Waals surface area contributed by atoms with Gasteiger partial charge in [-0.1, -0.05) is 35.5 Å². The highest BCUT2D eigenvalue weighted by atomic mass is 16.5. The summed E-state index contributed by atoms with van der Waals surface area (Å²) < 4.78 is 5.48. The second-order valence-electron chi connectivity index (χ2n) is 6.90. The summed E-state index contributed by atoms with van der Waals surface area (Å²) in [5, 5.41) is 7.33. The standard InChI is InChI=1S/C20H16N4O4/c25-17-9-21-20(27)24(17)14-10-23(11-14)19(26)13-6-7-16-15(8-13)18(28-22-16)12-4-2-1-3-5-12/h1-8,14H,9-11H2,(H,21,27). The molecule has 28 heavy (non-hydrogen) atoms. The molecule has 8 nitrogen and oxygen atoms in total. The van der Waals surface area contributed by atoms with Crippen molar-refractivity contribution in [3.05, 3.63) is 54.1 Å². The van der Waals surface area contributed by atoms with Crippen molar-refractivity contribution >= 4 is 28.7 Å². The number of carbonyl (C=O) groups excluding carboxylic acids is 3. The lowest BCUT2D eigenvalue weighted by Crippen LogP contribution is -2.62. The maximum atomic E-state index is 12.8. The summed E-state index contributed by atoms with van der Waals surface area (Å²) in [7, 11) is 0. The number of hydrogen-bond acceptors (Lipinski definition) is 5. The molecule has 0 spiro atoms. The van der Waals surface area contributed by atoms with Gasteiger partial charge in [0.05, 0.1) is 18.0 Å². The predicted molar refractivity (Wildman–Crippen MR) is 99.4 cm³/mol. The SMILES string of the molecule is O=C(c1ccc2noc(-c3ccccc3)c2c1)N1CC(N2C(=O)CNC2=O)C1. The van der Waals surface area contributed by atoms with Crippen LogP contribution in [-0.2, 0) is 4.79 Å². The molecule has 8 heteroatoms. The molecule has 2 aliphatic rings. The molecule has 2 fully saturated rings. The lowest BCUT2D eigenvalue weighted by atomic mass is 10.0. The normalized spacial score (nSPS) is 17.1. The van der Waals surface area contributed by atoms with Crippen LogP contribution in [0.25, 0.3) is 22.2 Å². The lowest BCUT2D eigenvalue weighted by Gasteiger charge is -2.42. The van der Waals surface area contributed by atoms with Crippen molar-refractivity contribution in [2.75, 3.05) is 19.6 Å². The fourth-order valence-corrected chi connectivity index (χ4v) is 3.64. The highest BCUT2D eigenvalue weighted by molar-refractivity contribution is 6.04. The smallest absolute Gasteiger partial charge is 0.324 e. The molecule has 1 N–H and O–H groups in total. The number of carbonyl (C=O) groups is 3. The second kappa shape index (κ2) is 6.19. The summed E-state index contributed by atoms with van der Waals surface area (Å²) in [4.78, 5) is 39.2. The van der Waals surface area contributed by atoms with Crippen molar-refractivity contribution in [3.63, 3.8) is 0 Å². The molecule has 140 valence electrons. The first-order valence-electron chi connectivity index (χ1n) is 8.96. The Hall–Kier alpha value is -3.68. The van der Waals surface area contributed by atoms with E-state index in [0.717, 1.165) is 10.9 Å². The van der Waals surface area contributed by atoms with Crippen LogP contribution in [0.2, 0.25) is 0 Å². The van der Waals surface area contributed by atoms with E-state index in [2.05, 4.69) is 10.5 Å². The van der Waals surface area contributed by atoms with Crippen LogP contribution in [0, 0.1) is 0 Å². The molecule has 0 aliphatic carbocycles. The van der Waals surface area contributed by atoms with Gasteiger partial charge in [0.1, 0.15) is 5.52 Å². The average Bonchev–Trinajstić information content (AvgIpc) is 3.25. The van der Waals surface area contributed by atoms with Gasteiger partial charge in [-0.05, 0) is 18.2 Å². The van der Waals surface area contributed by atoms with E-state index >= 15 is 0 Å². The number of benzene rings is 2. The van der Waals surface area contributed by atoms with E-state index < -0.39 is 0 Å². The maximum absolute atomic E-state index is 12.8. The Balaban J connectivity index is 1.37. The summed E-state index contributed by atoms with van der Waals surface area (Å²) in [6, 6.07) is 14.2. The zero-order chi connectivity index (χ0) is 19.3. The number of amides is 4. The third-order valence-corrected chi connectivity index (χ3v) is 5.15. The van der Waals surface area contributed by atoms with Crippen molar-refractivity contribution in [2.45, 2.75) is 6.04 Å². The van der Waals surface area contributed by atoms with E-state index in [1.807, 2.05) is 30.3 Å². The number of nitrogens with zero attached hydrogens (tertiary/aromatic N) is 3. The van der Waals surface area contributed by atoms with Crippen LogP contribution in [0.4, 0.5) is 4.79 Å². The quantitative estimate of drug-likeness (QED) is 0.704. The monoisotopic (exact) mass is 376 g/mol. The molecule has 2 aromatic carbocycles. The molecular weight excluding hydrogens is 360 g/mol. The van der Waals surface area contributed by atoms with Crippen molar-refractivity contribution in [3.8, 4) is 11.3 Å². The molecule has 0 unspecified atom stereocenters. The van der Waals surface area contributed by atoms with Crippen molar-refractivity contribution < 1.29 is 18.9 Å². The molecule has 4 amide bonds. The molecule has 1 aromatic heterocycles. The van der Waals surface area contributed by atoms with E-state index in [-0.39, 0.29) is 30.4 Å². The third kappa shape index (κ3) is 2.53. The van der Waals surface area contributed by atoms with Crippen LogP contribution in [0.5, 0.6) is 0 Å². The first-order chi connectivity index (χ1) is 13.6. The number of nitrogens with one attached hydrogen (secondary N) is 1. The van der Waals surface area contributed by atoms with Crippen LogP contribution in [0.15, 0.2) is 53.1 Å². The van der Waals surface area contributed by atoms with E-state index in [1.54, 1.807) is 23.1 Å². The van der Waals surface area contributed by atoms with E-state index in [1.165, 1.54) is 4.90 Å². The Morgan fingerprint density at radius 3 is 2.61 bits per heavy atom. The van der Waals surface area contributed by atoms with Gasteiger partial charge in [-0.15, -0.1) is 0 Å². The largest absolute Gasteiger partial charge is 0.355 e. The predicted octanol–water partition coefficient (Wildman–Crippen LogP) is 1.87. The van der Waals surface area contributed by atoms with Gasteiger partial charge in [-0.3, -0.25) is 14.5 Å². The molecule has 5 rings (SSSR count). The Kier molecular flexibility index (Phi) is 3.65. The number of urea groups is 1. The molecule has 0 saturated carbocycles. The van der Waals surface area contributed by atoms with Gasteiger partial charge in [0.15, 0.2) is 5.76 Å². The van der Waals surface area contributed by atoms with Gasteiger partial charge in [0.25, 0.3) is 5.91 Å². The molecule has 0 atom stereocenters. The number of rotatable bonds is 3. The number of fused-ring (bicyclic) bond motifs is 1. The Morgan fingerprint density at radius 2 is 1.89 bits per heavy atom. The number of aromatic nitrogens is 1. The Labute approximate surface area is 159 Å². The van der Waals surface area contributed by atoms with Crippen LogP contribution in [0.1, 0.15) is 10.4 Å². The Morgan fingerprint density at radius 1 is 1.11 bits per heavy atom. The van der Waals surface area contributed by atoms with Gasteiger partial charge >= 0.3 is 6.03 Å². The number of likely N-dealkylation sites (tertiary alicyclic amines) is 1. The minimum Gasteiger partial charge on any atom is -0.355 e. The first-order valence-corrected chi connectivity index (χ1v) is 8.96. The minimum absolute atomic E-state index is 0.0235. The summed E-state index contributed by atoms with van der Waals surface area (Å²) >= 11 is 0. The molecule has 0 radical (unpaired) electrons. The molecule has 2 aliphatic heterocycles. The summed E-state index contributed by atoms with van der Waals surface area (Å²) in [5.41, 5.74) is 2.08. The molecule has 3 heterocycles. The zero-order valence-electron chi connectivity index (χ0n) is 14.8. The number of imide groups is 1. The van der Waals surface area contributed by atoms with Gasteiger partial charge in [-0.2, -0.15) is 0 Å². The van der Waals surface area contributed by atoms with Crippen LogP contribution in [0.3, 0.4) is 0 Å². The minimum atomic E-state index is -0.388. The zero-order valence-corrected chi connectivity index (χ0v) is 14.8. The van der Waals surface area contributed by atoms with E-state index in [0.29, 0.717) is 29.9 Å². The summed E-state index contributed by atoms with van der Waals surface area (Å²) in [6.45, 7) is 0.701. The third-order valence-electron chi connectivity index (χ3n) is 5.15. The lowest BCUT2D eigenvalue weighted by molar-refractivity contribution is -0.128. The highest BCUT2D eigenvalue weighted by Crippen LogP contribution is 2.30. The van der Waals surface area contributed by atoms with Crippen LogP contribution in [-0.4, -0.2) is 58.5 Å². The first kappa shape index (κ1) is 16.5. The van der Waals surface area contributed by atoms with E-state index in [4.69, 9.17) is 4.52 Å². The van der Waals surface area contributed by atoms with E-state index in [9.17, 15) is 14.4 Å². The van der Waals surface area contributed by atoms with Gasteiger partial charge in [0, 0.05) is 24.2 Å². The summed E-state index contributed by atoms with van der Waals surface area (Å²) in [5.74, 6) is 0.219. The average molecular weight is 376 g/mol. The molecule has 2 saturated heterocycles. The Bertz CT molecular complexity index is 1090. The van der Waals surface area contributed by atoms with Crippen molar-refractivity contribution in [2.24, 2.45) is 0 Å². The summed E-state index contributed by atoms with van der Waals surface area (Å²) in [6.07, 6.45) is 0. The fourth-order valence-electron chi connectivity index (χ4n) is 3.64. The molecule has 0 bridgehead atoms. The maximum Gasteiger partial charge on any atom is 0.324 e. The number of hydrogen-bond donors (Lipinski definition) is 1. The topological polar surface area (TPSA) is 95.8 Å². The molecule has 3 aromatic rings. The highest BCUT2D eigenvalue weighted by Gasteiger charge is 2.43. The van der Waals surface area contributed by atoms with Crippen molar-refractivity contribution in [1.29, 1.82) is 0 Å². The van der Waals surface area contributed by atoms with Gasteiger partial charge in [0.2, 0.25) is 5.91 Å². The van der Waals surface area contributed by atoms with Crippen LogP contribution >= 0.6 is 0 Å².